The maximum Gasteiger partial charge on any atom is 2.00 e. The van der Waals surface area contributed by atoms with Gasteiger partial charge in [0.05, 0.1) is 0 Å². The topological polar surface area (TPSA) is 132 Å². The van der Waals surface area contributed by atoms with E-state index in [9.17, 15) is 0 Å². The fourth-order valence-corrected chi connectivity index (χ4v) is 0. The zero-order valence-electron chi connectivity index (χ0n) is 7.70. The van der Waals surface area contributed by atoms with E-state index in [1.54, 1.807) is 0 Å². The van der Waals surface area contributed by atoms with Gasteiger partial charge in [-0.05, 0) is 13.8 Å². The molecular weight excluding hydrogens is 371 g/mol. The normalized spacial score (nSPS) is 6.15. The van der Waals surface area contributed by atoms with Crippen LogP contribution in [-0.4, -0.2) is 52.3 Å². The summed E-state index contributed by atoms with van der Waals surface area (Å²) in [5.41, 5.74) is 9.81. The third-order valence-corrected chi connectivity index (χ3v) is 0.167. The van der Waals surface area contributed by atoms with Gasteiger partial charge in [0, 0.05) is 25.0 Å². The quantitative estimate of drug-likeness (QED) is 0.443. The summed E-state index contributed by atoms with van der Waals surface area (Å²) in [6.45, 7) is 3.14. The van der Waals surface area contributed by atoms with Crippen LogP contribution < -0.4 is 21.7 Å². The van der Waals surface area contributed by atoms with Gasteiger partial charge in [0.15, 0.2) is 0 Å². The van der Waals surface area contributed by atoms with Crippen molar-refractivity contribution >= 4 is 39.2 Å². The molecule has 0 aliphatic rings. The standard InChI is InChI=1S/C2H8N2.2C2H4O2.Pb/c3-1-2-4;2*1-2(3)4;/h1-4H2;2*1H3,(H,3,4);/q;;;+2/p-2. The smallest absolute Gasteiger partial charge is 0.550 e. The molecule has 0 aromatic rings. The van der Waals surface area contributed by atoms with Gasteiger partial charge < -0.3 is 31.3 Å². The molecule has 0 aromatic carbocycles. The van der Waals surface area contributed by atoms with E-state index in [2.05, 4.69) is 0 Å². The summed E-state index contributed by atoms with van der Waals surface area (Å²) in [6, 6.07) is 0. The third kappa shape index (κ3) is 1840. The van der Waals surface area contributed by atoms with E-state index in [4.69, 9.17) is 31.3 Å². The molecule has 0 spiro atoms. The molecule has 0 aromatic heterocycles. The van der Waals surface area contributed by atoms with Gasteiger partial charge in [-0.2, -0.15) is 0 Å². The molecule has 13 heavy (non-hydrogen) atoms. The van der Waals surface area contributed by atoms with Gasteiger partial charge in [-0.25, -0.2) is 0 Å². The molecule has 0 rings (SSSR count). The Labute approximate surface area is 97.4 Å². The van der Waals surface area contributed by atoms with Gasteiger partial charge in [-0.15, -0.1) is 0 Å². The minimum atomic E-state index is -1.08. The summed E-state index contributed by atoms with van der Waals surface area (Å²) >= 11 is 0. The zero-order valence-corrected chi connectivity index (χ0v) is 11.6. The molecule has 0 amide bonds. The van der Waals surface area contributed by atoms with Crippen molar-refractivity contribution in [3.8, 4) is 0 Å². The van der Waals surface area contributed by atoms with Gasteiger partial charge in [0.2, 0.25) is 0 Å². The molecule has 0 bridgehead atoms. The Kier molecular flexibility index (Phi) is 40.0. The van der Waals surface area contributed by atoms with Crippen LogP contribution in [0.3, 0.4) is 0 Å². The maximum atomic E-state index is 8.89. The molecule has 6 nitrogen and oxygen atoms in total. The Hall–Kier alpha value is -0.218. The van der Waals surface area contributed by atoms with Crippen LogP contribution in [-0.2, 0) is 9.59 Å². The average molecular weight is 385 g/mol. The first kappa shape index (κ1) is 23.0. The average Bonchev–Trinajstić information content (AvgIpc) is 1.85. The Morgan fingerprint density at radius 1 is 1.00 bits per heavy atom. The number of aliphatic carboxylic acids is 2. The Bertz CT molecular complexity index is 99.2. The minimum Gasteiger partial charge on any atom is -0.550 e. The second-order valence-corrected chi connectivity index (χ2v) is 1.56. The zero-order chi connectivity index (χ0) is 10.6. The summed E-state index contributed by atoms with van der Waals surface area (Å²) in [7, 11) is 0. The van der Waals surface area contributed by atoms with Crippen molar-refractivity contribution in [2.75, 3.05) is 13.1 Å². The van der Waals surface area contributed by atoms with Gasteiger partial charge >= 0.3 is 27.3 Å². The molecule has 2 radical (unpaired) electrons. The summed E-state index contributed by atoms with van der Waals surface area (Å²) in [5, 5.41) is 17.8. The largest absolute Gasteiger partial charge is 2.00 e. The Morgan fingerprint density at radius 2 is 1.08 bits per heavy atom. The molecule has 0 heterocycles. The van der Waals surface area contributed by atoms with Crippen LogP contribution in [0.4, 0.5) is 0 Å². The number of carbonyl (C=O) groups excluding carboxylic acids is 2. The van der Waals surface area contributed by atoms with Crippen molar-refractivity contribution in [1.82, 2.24) is 0 Å². The molecular formula is C6H14N2O4Pb. The number of rotatable bonds is 1. The van der Waals surface area contributed by atoms with E-state index in [-0.39, 0.29) is 27.3 Å². The second-order valence-electron chi connectivity index (χ2n) is 1.56. The second kappa shape index (κ2) is 22.6. The van der Waals surface area contributed by atoms with E-state index in [1.165, 1.54) is 0 Å². The fourth-order valence-electron chi connectivity index (χ4n) is 0. The van der Waals surface area contributed by atoms with Gasteiger partial charge in [-0.3, -0.25) is 0 Å². The van der Waals surface area contributed by atoms with Crippen LogP contribution in [0.25, 0.3) is 0 Å². The van der Waals surface area contributed by atoms with Gasteiger partial charge in [0.25, 0.3) is 0 Å². The SMILES string of the molecule is CC(=O)[O-].CC(=O)[O-].NCCN.[Pb+2]. The predicted molar refractivity (Wildman–Crippen MR) is 45.2 cm³/mol. The molecule has 7 heteroatoms. The Morgan fingerprint density at radius 3 is 1.08 bits per heavy atom. The van der Waals surface area contributed by atoms with Crippen molar-refractivity contribution in [1.29, 1.82) is 0 Å². The number of nitrogens with two attached hydrogens (primary N) is 2. The minimum absolute atomic E-state index is 0. The van der Waals surface area contributed by atoms with Crippen molar-refractivity contribution in [3.63, 3.8) is 0 Å². The first-order valence-electron chi connectivity index (χ1n) is 3.13. The maximum absolute atomic E-state index is 8.89. The molecule has 0 aliphatic carbocycles. The monoisotopic (exact) mass is 386 g/mol. The van der Waals surface area contributed by atoms with E-state index in [1.807, 2.05) is 0 Å². The van der Waals surface area contributed by atoms with Crippen molar-refractivity contribution < 1.29 is 19.8 Å². The van der Waals surface area contributed by atoms with Crippen LogP contribution in [0, 0.1) is 0 Å². The summed E-state index contributed by atoms with van der Waals surface area (Å²) in [4.78, 5) is 17.8. The summed E-state index contributed by atoms with van der Waals surface area (Å²) in [6.07, 6.45) is 0. The number of carbonyl (C=O) groups is 2. The molecule has 0 saturated heterocycles. The molecule has 4 N–H and O–H groups in total. The van der Waals surface area contributed by atoms with E-state index < -0.39 is 11.9 Å². The third-order valence-electron chi connectivity index (χ3n) is 0.167. The van der Waals surface area contributed by atoms with Gasteiger partial charge in [-0.1, -0.05) is 0 Å². The van der Waals surface area contributed by atoms with Crippen LogP contribution >= 0.6 is 0 Å². The molecule has 0 aliphatic heterocycles. The summed E-state index contributed by atoms with van der Waals surface area (Å²) < 4.78 is 0. The molecule has 0 atom stereocenters. The van der Waals surface area contributed by atoms with Crippen LogP contribution in [0.15, 0.2) is 0 Å². The molecule has 0 unspecified atom stereocenters. The molecule has 76 valence electrons. The molecule has 0 fully saturated rings. The van der Waals surface area contributed by atoms with E-state index in [0.717, 1.165) is 13.8 Å². The first-order chi connectivity index (χ1) is 5.38. The number of hydrogen-bond acceptors (Lipinski definition) is 6. The number of carboxylic acid groups (broad SMARTS) is 2. The van der Waals surface area contributed by atoms with Crippen LogP contribution in [0.5, 0.6) is 0 Å². The predicted octanol–water partition coefficient (Wildman–Crippen LogP) is -3.96. The number of carboxylic acids is 2. The fraction of sp³-hybridized carbons (Fsp3) is 0.667. The van der Waals surface area contributed by atoms with E-state index in [0.29, 0.717) is 13.1 Å². The molecule has 0 saturated carbocycles. The summed E-state index contributed by atoms with van der Waals surface area (Å²) in [5.74, 6) is -2.17. The van der Waals surface area contributed by atoms with Crippen molar-refractivity contribution in [2.24, 2.45) is 11.5 Å². The number of hydrogen-bond donors (Lipinski definition) is 2. The Balaban J connectivity index is -0.0000000450. The van der Waals surface area contributed by atoms with Crippen LogP contribution in [0.2, 0.25) is 0 Å². The first-order valence-corrected chi connectivity index (χ1v) is 3.13. The van der Waals surface area contributed by atoms with Crippen molar-refractivity contribution in [2.45, 2.75) is 13.8 Å². The van der Waals surface area contributed by atoms with Crippen LogP contribution in [0.1, 0.15) is 13.8 Å². The van der Waals surface area contributed by atoms with Crippen molar-refractivity contribution in [3.05, 3.63) is 0 Å². The van der Waals surface area contributed by atoms with E-state index >= 15 is 0 Å². The van der Waals surface area contributed by atoms with Gasteiger partial charge in [0.1, 0.15) is 0 Å².